The van der Waals surface area contributed by atoms with Crippen molar-refractivity contribution < 1.29 is 42.9 Å². The van der Waals surface area contributed by atoms with Crippen LogP contribution in [-0.2, 0) is 33.3 Å². The van der Waals surface area contributed by atoms with E-state index in [4.69, 9.17) is 18.9 Å². The number of carboxylic acids is 1. The molecule has 9 heteroatoms. The molecule has 0 heterocycles. The summed E-state index contributed by atoms with van der Waals surface area (Å²) in [7, 11) is 5.93. The molecule has 0 saturated heterocycles. The highest BCUT2D eigenvalue weighted by Gasteiger charge is 2.25. The van der Waals surface area contributed by atoms with Crippen LogP contribution >= 0.6 is 0 Å². The summed E-state index contributed by atoms with van der Waals surface area (Å²) in [5.74, 6) is -2.18. The Balaban J connectivity index is 4.19. The normalized spacial score (nSPS) is 13.8. The summed E-state index contributed by atoms with van der Waals surface area (Å²) in [6, 6.07) is 0. The fourth-order valence-electron chi connectivity index (χ4n) is 7.50. The maximum atomic E-state index is 12.9. The van der Waals surface area contributed by atoms with Gasteiger partial charge in [0.05, 0.1) is 40.8 Å². The second-order valence-corrected chi connectivity index (χ2v) is 20.2. The van der Waals surface area contributed by atoms with Crippen LogP contribution in [0.25, 0.3) is 0 Å². The largest absolute Gasteiger partial charge is 0.477 e. The minimum atomic E-state index is -1.54. The van der Waals surface area contributed by atoms with Crippen molar-refractivity contribution in [3.05, 3.63) is 134 Å². The van der Waals surface area contributed by atoms with Crippen molar-refractivity contribution in [3.8, 4) is 0 Å². The maximum Gasteiger partial charge on any atom is 0.361 e. The molecule has 2 unspecified atom stereocenters. The monoisotopic (exact) mass is 1040 g/mol. The van der Waals surface area contributed by atoms with Gasteiger partial charge in [0, 0.05) is 6.42 Å². The second-order valence-electron chi connectivity index (χ2n) is 20.2. The van der Waals surface area contributed by atoms with Crippen molar-refractivity contribution in [2.75, 3.05) is 47.5 Å². The lowest BCUT2D eigenvalue weighted by Gasteiger charge is -2.25. The van der Waals surface area contributed by atoms with E-state index in [0.717, 1.165) is 83.5 Å². The van der Waals surface area contributed by atoms with Gasteiger partial charge in [-0.05, 0) is 89.9 Å². The van der Waals surface area contributed by atoms with E-state index in [1.54, 1.807) is 6.08 Å². The summed E-state index contributed by atoms with van der Waals surface area (Å²) in [5, 5.41) is 9.69. The number of carbonyl (C=O) groups excluding carboxylic acids is 2. The van der Waals surface area contributed by atoms with Gasteiger partial charge in [-0.3, -0.25) is 9.59 Å². The van der Waals surface area contributed by atoms with Crippen LogP contribution in [0.3, 0.4) is 0 Å². The van der Waals surface area contributed by atoms with Crippen LogP contribution in [0.1, 0.15) is 206 Å². The highest BCUT2D eigenvalue weighted by molar-refractivity contribution is 5.72. The molecule has 0 aromatic carbocycles. The summed E-state index contributed by atoms with van der Waals surface area (Å²) in [4.78, 5) is 37.3. The molecule has 0 aromatic rings. The van der Waals surface area contributed by atoms with Crippen molar-refractivity contribution >= 4 is 17.9 Å². The molecule has 0 bridgehead atoms. The zero-order valence-corrected chi connectivity index (χ0v) is 48.2. The van der Waals surface area contributed by atoms with E-state index in [9.17, 15) is 19.5 Å². The van der Waals surface area contributed by atoms with E-state index < -0.39 is 30.3 Å². The Labute approximate surface area is 459 Å². The standard InChI is InChI=1S/C66H107NO8/c1-6-8-10-12-14-16-18-20-22-23-24-25-26-27-28-29-30-31-32-33-34-35-36-37-38-39-40-41-43-45-47-49-51-53-55-57-64(69)75-62(61-74-66(65(70)71)72-59-58-67(3,4)5)60-73-63(68)56-54-52-50-48-46-44-42-21-19-17-15-13-11-9-7-2/h8-11,14-17,20-22,24-25,27-28,30-31,42,46,48,52,54,62,66H,6-7,12-13,18-19,23,26,29,32-41,43-45,47,49-51,53,55-61H2,1-5H3/p+1/b10-8-,11-9-,16-14-,17-15-,22-20-,25-24-,28-27-,31-30-,42-21-,48-46-,54-52-. The van der Waals surface area contributed by atoms with Crippen LogP contribution in [0, 0.1) is 0 Å². The van der Waals surface area contributed by atoms with E-state index in [2.05, 4.69) is 129 Å². The predicted molar refractivity (Wildman–Crippen MR) is 317 cm³/mol. The molecular formula is C66H108NO8+. The Bertz CT molecular complexity index is 1690. The van der Waals surface area contributed by atoms with Gasteiger partial charge in [-0.15, -0.1) is 0 Å². The molecule has 0 rings (SSSR count). The number of quaternary nitrogens is 1. The Morgan fingerprint density at radius 3 is 1.13 bits per heavy atom. The number of unbranched alkanes of at least 4 members (excludes halogenated alkanes) is 16. The Morgan fingerprint density at radius 2 is 0.760 bits per heavy atom. The lowest BCUT2D eigenvalue weighted by molar-refractivity contribution is -0.870. The third-order valence-electron chi connectivity index (χ3n) is 11.9. The van der Waals surface area contributed by atoms with Crippen molar-refractivity contribution in [2.24, 2.45) is 0 Å². The van der Waals surface area contributed by atoms with Gasteiger partial charge in [-0.2, -0.15) is 0 Å². The van der Waals surface area contributed by atoms with Gasteiger partial charge >= 0.3 is 17.9 Å². The van der Waals surface area contributed by atoms with Crippen LogP contribution in [0.5, 0.6) is 0 Å². The smallest absolute Gasteiger partial charge is 0.361 e. The average molecular weight is 1040 g/mol. The molecule has 0 radical (unpaired) electrons. The number of hydrogen-bond acceptors (Lipinski definition) is 7. The SMILES string of the molecule is CC/C=C\C/C=C\C/C=C\C/C=C\C/C=C\C/C=C\CCCCCCCCCCCCCCCCCCC(=O)OC(COC(=O)C/C=C\C/C=C\C/C=C\C/C=C\C/C=C\CC)COC(OCC[N+](C)(C)C)C(=O)O. The molecule has 0 aliphatic heterocycles. The van der Waals surface area contributed by atoms with Crippen molar-refractivity contribution in [3.63, 3.8) is 0 Å². The zero-order chi connectivity index (χ0) is 54.8. The van der Waals surface area contributed by atoms with E-state index in [0.29, 0.717) is 23.9 Å². The number of hydrogen-bond donors (Lipinski definition) is 1. The van der Waals surface area contributed by atoms with Gasteiger partial charge in [0.1, 0.15) is 13.2 Å². The first-order chi connectivity index (χ1) is 36.6. The van der Waals surface area contributed by atoms with Gasteiger partial charge in [-0.25, -0.2) is 4.79 Å². The highest BCUT2D eigenvalue weighted by atomic mass is 16.7. The topological polar surface area (TPSA) is 108 Å². The van der Waals surface area contributed by atoms with Crippen molar-refractivity contribution in [1.82, 2.24) is 0 Å². The third-order valence-corrected chi connectivity index (χ3v) is 11.9. The first-order valence-corrected chi connectivity index (χ1v) is 29.3. The van der Waals surface area contributed by atoms with Crippen LogP contribution < -0.4 is 0 Å². The summed E-state index contributed by atoms with van der Waals surface area (Å²) in [6.07, 6.45) is 77.2. The molecule has 0 aliphatic carbocycles. The van der Waals surface area contributed by atoms with Gasteiger partial charge in [0.25, 0.3) is 6.29 Å². The number of likely N-dealkylation sites (N-methyl/N-ethyl adjacent to an activating group) is 1. The van der Waals surface area contributed by atoms with E-state index in [1.807, 2.05) is 33.3 Å². The lowest BCUT2D eigenvalue weighted by atomic mass is 10.0. The maximum absolute atomic E-state index is 12.9. The van der Waals surface area contributed by atoms with Crippen molar-refractivity contribution in [1.29, 1.82) is 0 Å². The molecule has 2 atom stereocenters. The molecule has 0 amide bonds. The first kappa shape index (κ1) is 70.4. The van der Waals surface area contributed by atoms with Gasteiger partial charge in [0.15, 0.2) is 6.10 Å². The fraction of sp³-hybridized carbons (Fsp3) is 0.621. The molecule has 75 heavy (non-hydrogen) atoms. The molecule has 9 nitrogen and oxygen atoms in total. The summed E-state index contributed by atoms with van der Waals surface area (Å²) in [5.41, 5.74) is 0. The number of esters is 2. The van der Waals surface area contributed by atoms with Crippen LogP contribution in [0.15, 0.2) is 134 Å². The van der Waals surface area contributed by atoms with Gasteiger partial charge in [0.2, 0.25) is 0 Å². The Kier molecular flexibility index (Phi) is 52.3. The van der Waals surface area contributed by atoms with Crippen LogP contribution in [-0.4, -0.2) is 87.4 Å². The number of ether oxygens (including phenoxy) is 4. The summed E-state index contributed by atoms with van der Waals surface area (Å²) >= 11 is 0. The number of carbonyl (C=O) groups is 3. The fourth-order valence-corrected chi connectivity index (χ4v) is 7.50. The molecule has 424 valence electrons. The minimum absolute atomic E-state index is 0.0646. The summed E-state index contributed by atoms with van der Waals surface area (Å²) in [6.45, 7) is 4.52. The number of carboxylic acid groups (broad SMARTS) is 1. The molecular weight excluding hydrogens is 935 g/mol. The first-order valence-electron chi connectivity index (χ1n) is 29.3. The molecule has 0 saturated carbocycles. The third kappa shape index (κ3) is 57.0. The van der Waals surface area contributed by atoms with Crippen molar-refractivity contribution in [2.45, 2.75) is 219 Å². The number of nitrogens with zero attached hydrogens (tertiary/aromatic N) is 1. The molecule has 0 fully saturated rings. The summed E-state index contributed by atoms with van der Waals surface area (Å²) < 4.78 is 22.7. The Hall–Kier alpha value is -4.57. The molecule has 0 aromatic heterocycles. The van der Waals surface area contributed by atoms with E-state index in [1.165, 1.54) is 83.5 Å². The van der Waals surface area contributed by atoms with Gasteiger partial charge < -0.3 is 28.5 Å². The minimum Gasteiger partial charge on any atom is -0.477 e. The second kappa shape index (κ2) is 55.7. The molecule has 0 aliphatic rings. The lowest BCUT2D eigenvalue weighted by Crippen LogP contribution is -2.40. The zero-order valence-electron chi connectivity index (χ0n) is 48.2. The number of aliphatic carboxylic acids is 1. The molecule has 1 N–H and O–H groups in total. The van der Waals surface area contributed by atoms with E-state index in [-0.39, 0.29) is 32.7 Å². The predicted octanol–water partition coefficient (Wildman–Crippen LogP) is 17.5. The quantitative estimate of drug-likeness (QED) is 0.0211. The van der Waals surface area contributed by atoms with Crippen LogP contribution in [0.2, 0.25) is 0 Å². The average Bonchev–Trinajstić information content (AvgIpc) is 3.38. The van der Waals surface area contributed by atoms with E-state index >= 15 is 0 Å². The van der Waals surface area contributed by atoms with Crippen LogP contribution in [0.4, 0.5) is 0 Å². The Morgan fingerprint density at radius 1 is 0.413 bits per heavy atom. The highest BCUT2D eigenvalue weighted by Crippen LogP contribution is 2.15. The molecule has 0 spiro atoms. The van der Waals surface area contributed by atoms with Gasteiger partial charge in [-0.1, -0.05) is 237 Å². The number of rotatable bonds is 52. The number of allylic oxidation sites excluding steroid dienone is 21.